The van der Waals surface area contributed by atoms with Gasteiger partial charge < -0.3 is 10.3 Å². The molecule has 1 aliphatic carbocycles. The van der Waals surface area contributed by atoms with Crippen molar-refractivity contribution >= 4 is 22.2 Å². The van der Waals surface area contributed by atoms with Crippen LogP contribution in [0.3, 0.4) is 0 Å². The van der Waals surface area contributed by atoms with Crippen molar-refractivity contribution in [3.05, 3.63) is 132 Å². The summed E-state index contributed by atoms with van der Waals surface area (Å²) in [5.74, 6) is 0.255. The quantitative estimate of drug-likeness (QED) is 0.175. The first kappa shape index (κ1) is 27.8. The van der Waals surface area contributed by atoms with Gasteiger partial charge in [-0.2, -0.15) is 5.10 Å². The van der Waals surface area contributed by atoms with Crippen LogP contribution in [0.2, 0.25) is 0 Å². The summed E-state index contributed by atoms with van der Waals surface area (Å²) in [7, 11) is 0. The second-order valence-corrected chi connectivity index (χ2v) is 10.5. The molecule has 208 valence electrons. The first-order valence-electron chi connectivity index (χ1n) is 13.9. The number of allylic oxidation sites excluding steroid dienone is 7. The Hall–Kier alpha value is -4.71. The molecule has 5 rings (SSSR count). The van der Waals surface area contributed by atoms with Crippen molar-refractivity contribution in [1.82, 2.24) is 25.5 Å². The molecule has 4 aromatic rings. The molecule has 0 bridgehead atoms. The van der Waals surface area contributed by atoms with Crippen molar-refractivity contribution in [2.75, 3.05) is 0 Å². The maximum absolute atomic E-state index is 14.3. The van der Waals surface area contributed by atoms with E-state index in [-0.39, 0.29) is 5.82 Å². The van der Waals surface area contributed by atoms with E-state index in [1.807, 2.05) is 63.3 Å². The van der Waals surface area contributed by atoms with Gasteiger partial charge in [0.05, 0.1) is 16.9 Å². The number of nitrogens with one attached hydrogen (secondary N) is 3. The molecule has 0 spiro atoms. The van der Waals surface area contributed by atoms with Gasteiger partial charge >= 0.3 is 0 Å². The van der Waals surface area contributed by atoms with Crippen LogP contribution in [0.1, 0.15) is 54.3 Å². The van der Waals surface area contributed by atoms with Gasteiger partial charge in [-0.05, 0) is 104 Å². The topological polar surface area (TPSA) is 69.4 Å². The Balaban J connectivity index is 1.51. The number of nitrogens with zero attached hydrogens (tertiary/aromatic N) is 2. The molecule has 0 unspecified atom stereocenters. The van der Waals surface area contributed by atoms with E-state index in [1.54, 1.807) is 12.1 Å². The molecule has 3 aromatic heterocycles. The Kier molecular flexibility index (Phi) is 8.02. The zero-order valence-corrected chi connectivity index (χ0v) is 23.9. The molecule has 41 heavy (non-hydrogen) atoms. The summed E-state index contributed by atoms with van der Waals surface area (Å²) in [6.45, 7) is 18.0. The average molecular weight is 546 g/mol. The molecule has 3 N–H and O–H groups in total. The van der Waals surface area contributed by atoms with Gasteiger partial charge in [0.1, 0.15) is 17.0 Å². The number of pyridine rings is 1. The fourth-order valence-corrected chi connectivity index (χ4v) is 5.23. The normalized spacial score (nSPS) is 14.7. The fourth-order valence-electron chi connectivity index (χ4n) is 5.23. The number of benzene rings is 1. The van der Waals surface area contributed by atoms with Gasteiger partial charge in [0.15, 0.2) is 0 Å². The van der Waals surface area contributed by atoms with E-state index in [2.05, 4.69) is 46.3 Å². The van der Waals surface area contributed by atoms with Crippen molar-refractivity contribution in [2.24, 2.45) is 5.92 Å². The molecule has 1 fully saturated rings. The van der Waals surface area contributed by atoms with Crippen molar-refractivity contribution in [3.63, 3.8) is 0 Å². The average Bonchev–Trinajstić information content (AvgIpc) is 3.50. The highest BCUT2D eigenvalue weighted by molar-refractivity contribution is 5.92. The van der Waals surface area contributed by atoms with Gasteiger partial charge in [0.2, 0.25) is 0 Å². The predicted octanol–water partition coefficient (Wildman–Crippen LogP) is 8.70. The maximum atomic E-state index is 14.3. The summed E-state index contributed by atoms with van der Waals surface area (Å²) < 4.78 is 14.3. The highest BCUT2D eigenvalue weighted by Crippen LogP contribution is 2.34. The van der Waals surface area contributed by atoms with E-state index >= 15 is 0 Å². The van der Waals surface area contributed by atoms with Gasteiger partial charge in [-0.1, -0.05) is 50.5 Å². The zero-order valence-electron chi connectivity index (χ0n) is 23.9. The third-order valence-electron chi connectivity index (χ3n) is 7.65. The molecule has 1 aliphatic rings. The van der Waals surface area contributed by atoms with Crippen molar-refractivity contribution < 1.29 is 4.39 Å². The van der Waals surface area contributed by atoms with Crippen LogP contribution in [0.25, 0.3) is 33.6 Å². The summed E-state index contributed by atoms with van der Waals surface area (Å²) in [5.41, 5.74) is 11.2. The fraction of sp³-hybridized carbons (Fsp3) is 0.200. The minimum absolute atomic E-state index is 0.269. The summed E-state index contributed by atoms with van der Waals surface area (Å²) in [6, 6.07) is 11.1. The first-order valence-corrected chi connectivity index (χ1v) is 13.9. The predicted molar refractivity (Wildman–Crippen MR) is 168 cm³/mol. The summed E-state index contributed by atoms with van der Waals surface area (Å²) in [5, 5.41) is 11.2. The van der Waals surface area contributed by atoms with E-state index in [9.17, 15) is 4.39 Å². The Labute approximate surface area is 241 Å². The van der Waals surface area contributed by atoms with E-state index in [0.29, 0.717) is 11.6 Å². The van der Waals surface area contributed by atoms with Crippen LogP contribution >= 0.6 is 0 Å². The number of aromatic amines is 2. The van der Waals surface area contributed by atoms with Gasteiger partial charge in [-0.25, -0.2) is 9.37 Å². The van der Waals surface area contributed by atoms with Gasteiger partial charge in [0, 0.05) is 22.7 Å². The Morgan fingerprint density at radius 1 is 1.12 bits per heavy atom. The minimum atomic E-state index is -0.269. The van der Waals surface area contributed by atoms with Crippen LogP contribution in [-0.2, 0) is 0 Å². The van der Waals surface area contributed by atoms with E-state index < -0.39 is 0 Å². The number of aromatic nitrogens is 4. The van der Waals surface area contributed by atoms with E-state index in [1.165, 1.54) is 25.3 Å². The third kappa shape index (κ3) is 5.78. The van der Waals surface area contributed by atoms with Gasteiger partial charge in [-0.3, -0.25) is 5.10 Å². The van der Waals surface area contributed by atoms with Crippen LogP contribution in [0.5, 0.6) is 0 Å². The summed E-state index contributed by atoms with van der Waals surface area (Å²) >= 11 is 0. The molecule has 0 radical (unpaired) electrons. The molecule has 0 aliphatic heterocycles. The van der Waals surface area contributed by atoms with Crippen molar-refractivity contribution in [2.45, 2.75) is 40.0 Å². The number of aryl methyl sites for hydroxylation is 2. The van der Waals surface area contributed by atoms with Crippen LogP contribution in [0.15, 0.2) is 97.9 Å². The lowest BCUT2D eigenvalue weighted by molar-refractivity contribution is 0.356. The van der Waals surface area contributed by atoms with Crippen LogP contribution in [-0.4, -0.2) is 20.2 Å². The lowest BCUT2D eigenvalue weighted by Gasteiger charge is -2.28. The molecule has 6 heteroatoms. The smallest absolute Gasteiger partial charge is 0.135 e. The maximum Gasteiger partial charge on any atom is 0.135 e. The summed E-state index contributed by atoms with van der Waals surface area (Å²) in [6.07, 6.45) is 13.1. The first-order chi connectivity index (χ1) is 19.8. The molecular formula is C35H36FN5. The minimum Gasteiger partial charge on any atom is -0.359 e. The van der Waals surface area contributed by atoms with E-state index in [4.69, 9.17) is 4.98 Å². The number of rotatable bonds is 10. The zero-order chi connectivity index (χ0) is 29.1. The molecule has 3 heterocycles. The molecule has 5 nitrogen and oxygen atoms in total. The number of halogens is 1. The second kappa shape index (κ2) is 11.8. The monoisotopic (exact) mass is 545 g/mol. The Bertz CT molecular complexity index is 1720. The highest BCUT2D eigenvalue weighted by atomic mass is 19.1. The molecule has 0 saturated heterocycles. The van der Waals surface area contributed by atoms with Crippen LogP contribution in [0, 0.1) is 25.6 Å². The number of H-pyrrole nitrogens is 2. The largest absolute Gasteiger partial charge is 0.359 e. The van der Waals surface area contributed by atoms with Gasteiger partial charge in [-0.15, -0.1) is 0 Å². The second-order valence-electron chi connectivity index (χ2n) is 10.5. The van der Waals surface area contributed by atoms with Crippen LogP contribution < -0.4 is 5.32 Å². The van der Waals surface area contributed by atoms with Crippen molar-refractivity contribution in [1.29, 1.82) is 0 Å². The molecular weight excluding hydrogens is 509 g/mol. The number of hydrogen-bond donors (Lipinski definition) is 3. The van der Waals surface area contributed by atoms with Crippen LogP contribution in [0.4, 0.5) is 4.39 Å². The standard InChI is InChI=1S/C35H36FN5/c1-7-11-29(26-16-21(4)17-27(36)18-26)30-20-33(38-23(30)6)35-34-32(40-41-35)15-14-31(39-34)24(8-2)19-28(9-3)37-22(5)25-12-10-13-25/h7-9,11,14-20,25,37-38H,1,3,5,10,12-13H2,2,4,6H3,(H,40,41)/b24-8+,28-19+,29-11-. The lowest BCUT2D eigenvalue weighted by atomic mass is 9.83. The number of fused-ring (bicyclic) bond motifs is 1. The molecule has 0 atom stereocenters. The third-order valence-corrected chi connectivity index (χ3v) is 7.65. The number of hydrogen-bond acceptors (Lipinski definition) is 3. The Morgan fingerprint density at radius 2 is 1.93 bits per heavy atom. The SMILES string of the molecule is C=C/C=C(/c1cc(C)cc(F)c1)c1cc(-c2n[nH]c3ccc(C(/C=C(\C=C)NC(=C)C4CCC4)=C/C)nc23)[nH]c1C. The molecule has 1 aromatic carbocycles. The summed E-state index contributed by atoms with van der Waals surface area (Å²) in [4.78, 5) is 8.50. The van der Waals surface area contributed by atoms with Crippen molar-refractivity contribution in [3.8, 4) is 11.4 Å². The van der Waals surface area contributed by atoms with E-state index in [0.717, 1.165) is 67.3 Å². The highest BCUT2D eigenvalue weighted by Gasteiger charge is 2.21. The lowest BCUT2D eigenvalue weighted by Crippen LogP contribution is -2.23. The molecule has 0 amide bonds. The Morgan fingerprint density at radius 3 is 2.59 bits per heavy atom. The van der Waals surface area contributed by atoms with Gasteiger partial charge in [0.25, 0.3) is 0 Å². The molecule has 1 saturated carbocycles.